The highest BCUT2D eigenvalue weighted by Gasteiger charge is 2.34. The summed E-state index contributed by atoms with van der Waals surface area (Å²) in [7, 11) is 2.03. The Balaban J connectivity index is 1.83. The molecule has 0 radical (unpaired) electrons. The average molecular weight is 486 g/mol. The number of aryl methyl sites for hydroxylation is 3. The zero-order valence-electron chi connectivity index (χ0n) is 19.6. The number of nitrogens with zero attached hydrogens (tertiary/aromatic N) is 3. The number of rotatable bonds is 4. The van der Waals surface area contributed by atoms with Gasteiger partial charge < -0.3 is 4.57 Å². The van der Waals surface area contributed by atoms with Crippen LogP contribution in [0.2, 0.25) is 10.2 Å². The molecule has 5 aromatic rings. The van der Waals surface area contributed by atoms with Gasteiger partial charge in [-0.25, -0.2) is 9.97 Å². The summed E-state index contributed by atoms with van der Waals surface area (Å²) < 4.78 is 2.08. The fraction of sp³-hybridized carbons (Fsp3) is 0.172. The number of imidazole rings is 1. The number of pyridine rings is 1. The van der Waals surface area contributed by atoms with Crippen LogP contribution in [0.3, 0.4) is 0 Å². The first-order valence-corrected chi connectivity index (χ1v) is 12.0. The SMILES string of the molecule is Cc1ccc(C(C)(c2cc(C)c3nc(Cl)c(-c4ccccc4)c(Cl)c3c2)c2cncn2C)cc1. The first-order chi connectivity index (χ1) is 16.3. The van der Waals surface area contributed by atoms with E-state index in [0.717, 1.165) is 38.9 Å². The maximum atomic E-state index is 7.06. The fourth-order valence-corrected chi connectivity index (χ4v) is 5.48. The van der Waals surface area contributed by atoms with E-state index in [1.807, 2.05) is 49.9 Å². The minimum Gasteiger partial charge on any atom is -0.337 e. The summed E-state index contributed by atoms with van der Waals surface area (Å²) >= 11 is 13.7. The van der Waals surface area contributed by atoms with Crippen LogP contribution in [0.25, 0.3) is 22.0 Å². The molecule has 0 aliphatic heterocycles. The molecular weight excluding hydrogens is 461 g/mol. The van der Waals surface area contributed by atoms with Crippen LogP contribution in [0, 0.1) is 13.8 Å². The second kappa shape index (κ2) is 8.57. The summed E-state index contributed by atoms with van der Waals surface area (Å²) in [6.07, 6.45) is 3.79. The molecule has 5 rings (SSSR count). The summed E-state index contributed by atoms with van der Waals surface area (Å²) in [5.74, 6) is 0. The van der Waals surface area contributed by atoms with Gasteiger partial charge in [0, 0.05) is 24.2 Å². The quantitative estimate of drug-likeness (QED) is 0.242. The lowest BCUT2D eigenvalue weighted by atomic mass is 9.73. The minimum atomic E-state index is -0.451. The Morgan fingerprint density at radius 2 is 1.59 bits per heavy atom. The van der Waals surface area contributed by atoms with E-state index >= 15 is 0 Å². The standard InChI is InChI=1S/C29H25Cl2N3/c1-18-10-12-21(13-11-18)29(3,24-16-32-17-34(24)4)22-14-19(2)27-23(15-22)26(30)25(28(31)33-27)20-8-6-5-7-9-20/h5-17H,1-4H3. The zero-order chi connectivity index (χ0) is 24.0. The third-order valence-corrected chi connectivity index (χ3v) is 7.44. The van der Waals surface area contributed by atoms with Crippen LogP contribution in [0.1, 0.15) is 34.9 Å². The molecule has 0 amide bonds. The summed E-state index contributed by atoms with van der Waals surface area (Å²) in [5.41, 5.74) is 7.71. The van der Waals surface area contributed by atoms with E-state index < -0.39 is 5.41 Å². The molecule has 3 nitrogen and oxygen atoms in total. The highest BCUT2D eigenvalue weighted by atomic mass is 35.5. The van der Waals surface area contributed by atoms with Crippen LogP contribution in [-0.2, 0) is 12.5 Å². The summed E-state index contributed by atoms with van der Waals surface area (Å²) in [5, 5.41) is 1.91. The van der Waals surface area contributed by atoms with Crippen molar-refractivity contribution in [2.45, 2.75) is 26.2 Å². The van der Waals surface area contributed by atoms with Crippen molar-refractivity contribution in [1.29, 1.82) is 0 Å². The number of halogens is 2. The highest BCUT2D eigenvalue weighted by Crippen LogP contribution is 2.44. The zero-order valence-corrected chi connectivity index (χ0v) is 21.1. The number of aromatic nitrogens is 3. The van der Waals surface area contributed by atoms with E-state index in [9.17, 15) is 0 Å². The van der Waals surface area contributed by atoms with Gasteiger partial charge in [-0.2, -0.15) is 0 Å². The largest absolute Gasteiger partial charge is 0.337 e. The molecule has 3 aromatic carbocycles. The molecule has 0 spiro atoms. The van der Waals surface area contributed by atoms with Crippen molar-refractivity contribution < 1.29 is 0 Å². The molecule has 0 fully saturated rings. The predicted octanol–water partition coefficient (Wildman–Crippen LogP) is 7.91. The smallest absolute Gasteiger partial charge is 0.139 e. The Morgan fingerprint density at radius 1 is 0.882 bits per heavy atom. The lowest BCUT2D eigenvalue weighted by Gasteiger charge is -2.32. The van der Waals surface area contributed by atoms with Crippen molar-refractivity contribution in [3.8, 4) is 11.1 Å². The van der Waals surface area contributed by atoms with Crippen molar-refractivity contribution in [1.82, 2.24) is 14.5 Å². The lowest BCUT2D eigenvalue weighted by Crippen LogP contribution is -2.28. The van der Waals surface area contributed by atoms with Crippen molar-refractivity contribution in [3.05, 3.63) is 117 Å². The van der Waals surface area contributed by atoms with Crippen molar-refractivity contribution >= 4 is 34.1 Å². The Labute approximate surface area is 210 Å². The van der Waals surface area contributed by atoms with Crippen molar-refractivity contribution in [3.63, 3.8) is 0 Å². The Hall–Kier alpha value is -3.14. The molecule has 2 aromatic heterocycles. The molecule has 0 aliphatic carbocycles. The Kier molecular flexibility index (Phi) is 5.71. The van der Waals surface area contributed by atoms with Crippen molar-refractivity contribution in [2.75, 3.05) is 0 Å². The molecule has 0 N–H and O–H groups in total. The number of hydrogen-bond acceptors (Lipinski definition) is 2. The molecule has 5 heteroatoms. The maximum Gasteiger partial charge on any atom is 0.139 e. The lowest BCUT2D eigenvalue weighted by molar-refractivity contribution is 0.626. The Morgan fingerprint density at radius 3 is 2.24 bits per heavy atom. The second-order valence-corrected chi connectivity index (χ2v) is 9.76. The van der Waals surface area contributed by atoms with Gasteiger partial charge in [0.2, 0.25) is 0 Å². The van der Waals surface area contributed by atoms with Crippen molar-refractivity contribution in [2.24, 2.45) is 7.05 Å². The van der Waals surface area contributed by atoms with Gasteiger partial charge in [0.05, 0.1) is 28.0 Å². The minimum absolute atomic E-state index is 0.410. The van der Waals surface area contributed by atoms with Crippen LogP contribution >= 0.6 is 23.2 Å². The second-order valence-electron chi connectivity index (χ2n) is 9.03. The topological polar surface area (TPSA) is 30.7 Å². The van der Waals surface area contributed by atoms with Gasteiger partial charge in [-0.1, -0.05) is 89.4 Å². The monoisotopic (exact) mass is 485 g/mol. The molecule has 0 saturated heterocycles. The van der Waals surface area contributed by atoms with Crippen LogP contribution in [-0.4, -0.2) is 14.5 Å². The van der Waals surface area contributed by atoms with E-state index in [1.165, 1.54) is 11.1 Å². The van der Waals surface area contributed by atoms with E-state index in [-0.39, 0.29) is 0 Å². The average Bonchev–Trinajstić information content (AvgIpc) is 3.27. The first-order valence-electron chi connectivity index (χ1n) is 11.2. The highest BCUT2D eigenvalue weighted by molar-refractivity contribution is 6.42. The third kappa shape index (κ3) is 3.60. The van der Waals surface area contributed by atoms with Gasteiger partial charge in [0.25, 0.3) is 0 Å². The fourth-order valence-electron chi connectivity index (χ4n) is 4.80. The van der Waals surface area contributed by atoms with E-state index in [1.54, 1.807) is 0 Å². The number of fused-ring (bicyclic) bond motifs is 1. The molecule has 0 bridgehead atoms. The molecule has 0 saturated carbocycles. The van der Waals surface area contributed by atoms with E-state index in [2.05, 4.69) is 66.7 Å². The molecule has 0 aliphatic rings. The Bertz CT molecular complexity index is 1500. The van der Waals surface area contributed by atoms with Gasteiger partial charge in [0.15, 0.2) is 0 Å². The molecular formula is C29H25Cl2N3. The molecule has 170 valence electrons. The number of benzene rings is 3. The molecule has 1 atom stereocenters. The van der Waals surface area contributed by atoms with Crippen LogP contribution in [0.5, 0.6) is 0 Å². The van der Waals surface area contributed by atoms with Crippen LogP contribution in [0.15, 0.2) is 79.3 Å². The molecule has 34 heavy (non-hydrogen) atoms. The summed E-state index contributed by atoms with van der Waals surface area (Å²) in [6.45, 7) is 6.41. The van der Waals surface area contributed by atoms with Gasteiger partial charge in [-0.05, 0) is 49.1 Å². The van der Waals surface area contributed by atoms with E-state index in [4.69, 9.17) is 28.2 Å². The van der Waals surface area contributed by atoms with Gasteiger partial charge >= 0.3 is 0 Å². The van der Waals surface area contributed by atoms with Crippen LogP contribution in [0.4, 0.5) is 0 Å². The maximum absolute atomic E-state index is 7.06. The number of hydrogen-bond donors (Lipinski definition) is 0. The van der Waals surface area contributed by atoms with Gasteiger partial charge in [0.1, 0.15) is 5.15 Å². The molecule has 1 unspecified atom stereocenters. The summed E-state index contributed by atoms with van der Waals surface area (Å²) in [6, 6.07) is 23.0. The van der Waals surface area contributed by atoms with Crippen LogP contribution < -0.4 is 0 Å². The summed E-state index contributed by atoms with van der Waals surface area (Å²) in [4.78, 5) is 9.19. The predicted molar refractivity (Wildman–Crippen MR) is 142 cm³/mol. The third-order valence-electron chi connectivity index (χ3n) is 6.77. The van der Waals surface area contributed by atoms with Gasteiger partial charge in [-0.15, -0.1) is 0 Å². The molecule has 2 heterocycles. The van der Waals surface area contributed by atoms with E-state index in [0.29, 0.717) is 10.2 Å². The first kappa shape index (κ1) is 22.6. The normalized spacial score (nSPS) is 13.2. The van der Waals surface area contributed by atoms with Gasteiger partial charge in [-0.3, -0.25) is 0 Å².